The van der Waals surface area contributed by atoms with Crippen molar-refractivity contribution < 1.29 is 23.9 Å². The van der Waals surface area contributed by atoms with Crippen molar-refractivity contribution in [1.29, 1.82) is 0 Å². The number of aryl methyl sites for hydroxylation is 1. The van der Waals surface area contributed by atoms with Crippen molar-refractivity contribution in [2.75, 3.05) is 18.5 Å². The van der Waals surface area contributed by atoms with Crippen LogP contribution in [0.3, 0.4) is 0 Å². The molecule has 1 aromatic carbocycles. The Labute approximate surface area is 205 Å². The summed E-state index contributed by atoms with van der Waals surface area (Å²) in [4.78, 5) is 57.7. The van der Waals surface area contributed by atoms with E-state index in [1.165, 1.54) is 11.3 Å². The summed E-state index contributed by atoms with van der Waals surface area (Å²) >= 11 is 1.32. The number of thiophene rings is 1. The fourth-order valence-electron chi connectivity index (χ4n) is 4.12. The maximum Gasteiger partial charge on any atom is 0.306 e. The van der Waals surface area contributed by atoms with Gasteiger partial charge >= 0.3 is 5.97 Å². The number of ether oxygens (including phenoxy) is 2. The Balaban J connectivity index is 1.54. The van der Waals surface area contributed by atoms with E-state index in [0.717, 1.165) is 16.0 Å². The van der Waals surface area contributed by atoms with Crippen molar-refractivity contribution in [2.24, 2.45) is 0 Å². The molecule has 0 spiro atoms. The number of aromatic amines is 1. The molecule has 1 unspecified atom stereocenters. The van der Waals surface area contributed by atoms with Crippen LogP contribution in [0, 0.1) is 6.92 Å². The molecule has 3 aromatic rings. The second-order valence-corrected chi connectivity index (χ2v) is 9.33. The van der Waals surface area contributed by atoms with Crippen molar-refractivity contribution in [3.05, 3.63) is 50.4 Å². The van der Waals surface area contributed by atoms with Crippen LogP contribution >= 0.6 is 11.3 Å². The zero-order valence-electron chi connectivity index (χ0n) is 19.6. The highest BCUT2D eigenvalue weighted by molar-refractivity contribution is 7.18. The first-order chi connectivity index (χ1) is 16.8. The minimum atomic E-state index is -0.534. The molecule has 11 heteroatoms. The van der Waals surface area contributed by atoms with Crippen LogP contribution in [0.15, 0.2) is 23.0 Å². The number of H-pyrrole nitrogens is 1. The van der Waals surface area contributed by atoms with Gasteiger partial charge in [0.25, 0.3) is 17.4 Å². The Bertz CT molecular complexity index is 1360. The van der Waals surface area contributed by atoms with E-state index in [1.807, 2.05) is 13.8 Å². The van der Waals surface area contributed by atoms with Crippen molar-refractivity contribution >= 4 is 45.0 Å². The number of hydrogen-bond acceptors (Lipinski definition) is 8. The smallest absolute Gasteiger partial charge is 0.306 e. The van der Waals surface area contributed by atoms with Gasteiger partial charge in [-0.3, -0.25) is 19.2 Å². The number of anilines is 1. The second kappa shape index (κ2) is 10.3. The van der Waals surface area contributed by atoms with E-state index in [9.17, 15) is 19.2 Å². The molecule has 1 aliphatic heterocycles. The first kappa shape index (κ1) is 24.4. The molecule has 0 saturated heterocycles. The highest BCUT2D eigenvalue weighted by Crippen LogP contribution is 2.36. The molecular weight excluding hydrogens is 472 g/mol. The Morgan fingerprint density at radius 1 is 1.29 bits per heavy atom. The van der Waals surface area contributed by atoms with Gasteiger partial charge in [0.15, 0.2) is 6.61 Å². The zero-order chi connectivity index (χ0) is 25.1. The van der Waals surface area contributed by atoms with Crippen molar-refractivity contribution in [3.8, 4) is 5.75 Å². The number of carbonyl (C=O) groups is 3. The third-order valence-electron chi connectivity index (χ3n) is 5.75. The fraction of sp³-hybridized carbons (Fsp3) is 0.375. The van der Waals surface area contributed by atoms with Gasteiger partial charge in [-0.2, -0.15) is 0 Å². The van der Waals surface area contributed by atoms with Gasteiger partial charge in [-0.1, -0.05) is 13.0 Å². The quantitative estimate of drug-likeness (QED) is 0.406. The zero-order valence-corrected chi connectivity index (χ0v) is 20.5. The highest BCUT2D eigenvalue weighted by Gasteiger charge is 2.25. The Kier molecular flexibility index (Phi) is 7.15. The molecule has 0 aliphatic carbocycles. The van der Waals surface area contributed by atoms with E-state index < -0.39 is 11.5 Å². The molecule has 2 amide bonds. The first-order valence-electron chi connectivity index (χ1n) is 11.3. The van der Waals surface area contributed by atoms with Gasteiger partial charge in [0.2, 0.25) is 5.82 Å². The highest BCUT2D eigenvalue weighted by atomic mass is 32.1. The number of amides is 2. The molecule has 0 bridgehead atoms. The Hall–Kier alpha value is -3.73. The van der Waals surface area contributed by atoms with Crippen LogP contribution in [-0.4, -0.2) is 41.0 Å². The molecule has 3 heterocycles. The molecule has 2 aromatic heterocycles. The van der Waals surface area contributed by atoms with E-state index in [1.54, 1.807) is 25.1 Å². The number of rotatable bonds is 8. The lowest BCUT2D eigenvalue weighted by Gasteiger charge is -2.18. The van der Waals surface area contributed by atoms with Gasteiger partial charge in [-0.25, -0.2) is 4.98 Å². The Morgan fingerprint density at radius 2 is 2.09 bits per heavy atom. The van der Waals surface area contributed by atoms with E-state index in [-0.39, 0.29) is 43.2 Å². The number of carbonyl (C=O) groups excluding carboxylic acids is 3. The van der Waals surface area contributed by atoms with E-state index >= 15 is 0 Å². The minimum Gasteiger partial charge on any atom is -0.482 e. The summed E-state index contributed by atoms with van der Waals surface area (Å²) in [5, 5.41) is 5.87. The van der Waals surface area contributed by atoms with Crippen molar-refractivity contribution in [3.63, 3.8) is 0 Å². The standard InChI is InChI=1S/C24H26N4O6S/c1-4-14(9-18(30)33-5-2)19-12(3)35-24-20(19)22(31)27-21(28-24)23(32)25-10-13-6-7-16-15(8-13)26-17(29)11-34-16/h6-8,14H,4-5,9-11H2,1-3H3,(H,25,32)(H,26,29)(H,27,28,31). The van der Waals surface area contributed by atoms with Crippen molar-refractivity contribution in [1.82, 2.24) is 15.3 Å². The number of nitrogens with zero attached hydrogens (tertiary/aromatic N) is 1. The third kappa shape index (κ3) is 5.19. The van der Waals surface area contributed by atoms with Gasteiger partial charge in [-0.15, -0.1) is 11.3 Å². The monoisotopic (exact) mass is 498 g/mol. The molecule has 3 N–H and O–H groups in total. The van der Waals surface area contributed by atoms with Crippen molar-refractivity contribution in [2.45, 2.75) is 46.1 Å². The summed E-state index contributed by atoms with van der Waals surface area (Å²) in [5.74, 6) is -0.803. The van der Waals surface area contributed by atoms with Crippen LogP contribution in [0.5, 0.6) is 5.75 Å². The van der Waals surface area contributed by atoms with Gasteiger partial charge in [0.1, 0.15) is 10.6 Å². The molecule has 10 nitrogen and oxygen atoms in total. The van der Waals surface area contributed by atoms with Gasteiger partial charge < -0.3 is 25.1 Å². The molecule has 184 valence electrons. The third-order valence-corrected chi connectivity index (χ3v) is 6.76. The van der Waals surface area contributed by atoms with Gasteiger partial charge in [0.05, 0.1) is 24.1 Å². The SMILES string of the molecule is CCOC(=O)CC(CC)c1c(C)sc2nc(C(=O)NCc3ccc4c(c3)NC(=O)CO4)[nH]c(=O)c12. The van der Waals surface area contributed by atoms with E-state index in [0.29, 0.717) is 34.7 Å². The fourth-order valence-corrected chi connectivity index (χ4v) is 5.23. The predicted molar refractivity (Wildman–Crippen MR) is 131 cm³/mol. The number of aromatic nitrogens is 2. The summed E-state index contributed by atoms with van der Waals surface area (Å²) < 4.78 is 10.4. The van der Waals surface area contributed by atoms with Crippen LogP contribution < -0.4 is 20.9 Å². The topological polar surface area (TPSA) is 139 Å². The molecule has 0 saturated carbocycles. The molecule has 0 radical (unpaired) electrons. The molecule has 0 fully saturated rings. The maximum absolute atomic E-state index is 13.0. The lowest BCUT2D eigenvalue weighted by molar-refractivity contribution is -0.143. The summed E-state index contributed by atoms with van der Waals surface area (Å²) in [5.41, 5.74) is 1.64. The van der Waals surface area contributed by atoms with Crippen LogP contribution in [0.25, 0.3) is 10.2 Å². The predicted octanol–water partition coefficient (Wildman–Crippen LogP) is 3.00. The first-order valence-corrected chi connectivity index (χ1v) is 12.1. The van der Waals surface area contributed by atoms with Crippen LogP contribution in [0.1, 0.15) is 59.2 Å². The summed E-state index contributed by atoms with van der Waals surface area (Å²) in [6.07, 6.45) is 0.824. The number of esters is 1. The summed E-state index contributed by atoms with van der Waals surface area (Å²) in [6.45, 7) is 6.02. The average molecular weight is 499 g/mol. The average Bonchev–Trinajstić information content (AvgIpc) is 3.17. The van der Waals surface area contributed by atoms with Crippen LogP contribution in [0.4, 0.5) is 5.69 Å². The number of hydrogen-bond donors (Lipinski definition) is 3. The molecule has 1 aliphatic rings. The lowest BCUT2D eigenvalue weighted by atomic mass is 9.92. The normalized spacial score (nSPS) is 13.5. The molecule has 4 rings (SSSR count). The molecule has 1 atom stereocenters. The van der Waals surface area contributed by atoms with E-state index in [2.05, 4.69) is 20.6 Å². The van der Waals surface area contributed by atoms with Gasteiger partial charge in [0, 0.05) is 11.4 Å². The maximum atomic E-state index is 13.0. The number of nitrogens with one attached hydrogen (secondary N) is 3. The summed E-state index contributed by atoms with van der Waals surface area (Å²) in [7, 11) is 0. The molecule has 35 heavy (non-hydrogen) atoms. The van der Waals surface area contributed by atoms with Gasteiger partial charge in [-0.05, 0) is 49.4 Å². The van der Waals surface area contributed by atoms with E-state index in [4.69, 9.17) is 9.47 Å². The van der Waals surface area contributed by atoms with Crippen LogP contribution in [0.2, 0.25) is 0 Å². The van der Waals surface area contributed by atoms with Crippen LogP contribution in [-0.2, 0) is 20.9 Å². The largest absolute Gasteiger partial charge is 0.482 e. The lowest BCUT2D eigenvalue weighted by Crippen LogP contribution is -2.28. The Morgan fingerprint density at radius 3 is 2.83 bits per heavy atom. The second-order valence-electron chi connectivity index (χ2n) is 8.13. The number of benzene rings is 1. The minimum absolute atomic E-state index is 0.0314. The number of fused-ring (bicyclic) bond motifs is 2. The summed E-state index contributed by atoms with van der Waals surface area (Å²) in [6, 6.07) is 5.22. The molecular formula is C24H26N4O6S.